The van der Waals surface area contributed by atoms with Gasteiger partial charge in [-0.3, -0.25) is 4.79 Å². The third kappa shape index (κ3) is 4.08. The SMILES string of the molecule is CC[C@@H](C)c1ccc(NC(=O)c2cc(-c3ccc(C)s3)nc3ccccc23)cc1. The molecule has 1 amide bonds. The third-order valence-corrected chi connectivity index (χ3v) is 6.33. The number of fused-ring (bicyclic) bond motifs is 1. The summed E-state index contributed by atoms with van der Waals surface area (Å²) in [6, 6.07) is 22.0. The number of carbonyl (C=O) groups is 1. The van der Waals surface area contributed by atoms with E-state index in [2.05, 4.69) is 50.4 Å². The van der Waals surface area contributed by atoms with Crippen LogP contribution < -0.4 is 5.32 Å². The van der Waals surface area contributed by atoms with Crippen LogP contribution in [0, 0.1) is 6.92 Å². The van der Waals surface area contributed by atoms with Gasteiger partial charge in [-0.2, -0.15) is 0 Å². The molecule has 4 rings (SSSR count). The van der Waals surface area contributed by atoms with Crippen molar-refractivity contribution < 1.29 is 4.79 Å². The molecule has 0 aliphatic rings. The van der Waals surface area contributed by atoms with E-state index in [1.54, 1.807) is 11.3 Å². The number of anilines is 1. The van der Waals surface area contributed by atoms with Crippen LogP contribution in [0.5, 0.6) is 0 Å². The number of benzene rings is 2. The van der Waals surface area contributed by atoms with Gasteiger partial charge < -0.3 is 5.32 Å². The first-order chi connectivity index (χ1) is 14.0. The Bertz CT molecular complexity index is 1160. The molecule has 146 valence electrons. The van der Waals surface area contributed by atoms with Gasteiger partial charge in [-0.15, -0.1) is 11.3 Å². The van der Waals surface area contributed by atoms with Crippen LogP contribution in [-0.4, -0.2) is 10.9 Å². The monoisotopic (exact) mass is 400 g/mol. The van der Waals surface area contributed by atoms with Gasteiger partial charge in [0.25, 0.3) is 5.91 Å². The second-order valence-corrected chi connectivity index (χ2v) is 8.66. The summed E-state index contributed by atoms with van der Waals surface area (Å²) < 4.78 is 0. The Kier molecular flexibility index (Phi) is 5.45. The Hall–Kier alpha value is -2.98. The van der Waals surface area contributed by atoms with Crippen LogP contribution in [0.3, 0.4) is 0 Å². The molecule has 3 nitrogen and oxygen atoms in total. The number of thiophene rings is 1. The van der Waals surface area contributed by atoms with Crippen LogP contribution in [-0.2, 0) is 0 Å². The van der Waals surface area contributed by atoms with Gasteiger partial charge in [0, 0.05) is 16.0 Å². The number of nitrogens with one attached hydrogen (secondary N) is 1. The largest absolute Gasteiger partial charge is 0.322 e. The fraction of sp³-hybridized carbons (Fsp3) is 0.200. The second kappa shape index (κ2) is 8.18. The Morgan fingerprint density at radius 3 is 2.52 bits per heavy atom. The van der Waals surface area contributed by atoms with E-state index in [0.717, 1.165) is 33.6 Å². The summed E-state index contributed by atoms with van der Waals surface area (Å²) in [5, 5.41) is 3.91. The molecule has 29 heavy (non-hydrogen) atoms. The molecular weight excluding hydrogens is 376 g/mol. The summed E-state index contributed by atoms with van der Waals surface area (Å²) in [6.07, 6.45) is 1.10. The molecule has 0 radical (unpaired) electrons. The highest BCUT2D eigenvalue weighted by Crippen LogP contribution is 2.30. The smallest absolute Gasteiger partial charge is 0.256 e. The van der Waals surface area contributed by atoms with Gasteiger partial charge in [0.15, 0.2) is 0 Å². The Morgan fingerprint density at radius 1 is 1.07 bits per heavy atom. The minimum atomic E-state index is -0.116. The summed E-state index contributed by atoms with van der Waals surface area (Å²) in [7, 11) is 0. The number of pyridine rings is 1. The van der Waals surface area contributed by atoms with E-state index < -0.39 is 0 Å². The minimum Gasteiger partial charge on any atom is -0.322 e. The lowest BCUT2D eigenvalue weighted by atomic mass is 9.98. The first-order valence-corrected chi connectivity index (χ1v) is 10.7. The lowest BCUT2D eigenvalue weighted by Crippen LogP contribution is -2.13. The Morgan fingerprint density at radius 2 is 1.83 bits per heavy atom. The molecule has 0 bridgehead atoms. The van der Waals surface area contributed by atoms with Crippen LogP contribution in [0.25, 0.3) is 21.5 Å². The molecule has 4 aromatic rings. The number of aromatic nitrogens is 1. The van der Waals surface area contributed by atoms with E-state index >= 15 is 0 Å². The van der Waals surface area contributed by atoms with E-state index in [9.17, 15) is 4.79 Å². The number of rotatable bonds is 5. The van der Waals surface area contributed by atoms with E-state index in [1.165, 1.54) is 10.4 Å². The molecule has 0 spiro atoms. The molecule has 1 atom stereocenters. The fourth-order valence-electron chi connectivity index (χ4n) is 3.39. The fourth-order valence-corrected chi connectivity index (χ4v) is 4.22. The topological polar surface area (TPSA) is 42.0 Å². The van der Waals surface area contributed by atoms with Crippen LogP contribution in [0.15, 0.2) is 66.7 Å². The van der Waals surface area contributed by atoms with Crippen LogP contribution in [0.4, 0.5) is 5.69 Å². The van der Waals surface area contributed by atoms with Gasteiger partial charge in [0.1, 0.15) is 0 Å². The highest BCUT2D eigenvalue weighted by atomic mass is 32.1. The van der Waals surface area contributed by atoms with E-state index in [1.807, 2.05) is 42.5 Å². The summed E-state index contributed by atoms with van der Waals surface area (Å²) in [6.45, 7) is 6.47. The van der Waals surface area contributed by atoms with Crippen LogP contribution in [0.2, 0.25) is 0 Å². The maximum absolute atomic E-state index is 13.2. The maximum atomic E-state index is 13.2. The number of nitrogens with zero attached hydrogens (tertiary/aromatic N) is 1. The van der Waals surface area contributed by atoms with E-state index in [4.69, 9.17) is 4.98 Å². The van der Waals surface area contributed by atoms with Crippen molar-refractivity contribution in [1.29, 1.82) is 0 Å². The van der Waals surface area contributed by atoms with Crippen molar-refractivity contribution in [3.05, 3.63) is 82.7 Å². The average Bonchev–Trinajstić information content (AvgIpc) is 3.19. The van der Waals surface area contributed by atoms with Crippen molar-refractivity contribution in [3.63, 3.8) is 0 Å². The minimum absolute atomic E-state index is 0.116. The Labute approximate surface area is 175 Å². The molecule has 0 fully saturated rings. The highest BCUT2D eigenvalue weighted by molar-refractivity contribution is 7.15. The van der Waals surface area contributed by atoms with Crippen LogP contribution in [0.1, 0.15) is 47.0 Å². The predicted molar refractivity (Wildman–Crippen MR) is 123 cm³/mol. The van der Waals surface area contributed by atoms with E-state index in [-0.39, 0.29) is 5.91 Å². The zero-order chi connectivity index (χ0) is 20.4. The van der Waals surface area contributed by atoms with Gasteiger partial charge >= 0.3 is 0 Å². The molecule has 1 N–H and O–H groups in total. The van der Waals surface area contributed by atoms with Crippen molar-refractivity contribution in [2.24, 2.45) is 0 Å². The van der Waals surface area contributed by atoms with E-state index in [0.29, 0.717) is 11.5 Å². The molecule has 0 aliphatic heterocycles. The van der Waals surface area contributed by atoms with Crippen molar-refractivity contribution in [3.8, 4) is 10.6 Å². The summed E-state index contributed by atoms with van der Waals surface area (Å²) in [4.78, 5) is 20.2. The first kappa shape index (κ1) is 19.3. The molecule has 4 heteroatoms. The summed E-state index contributed by atoms with van der Waals surface area (Å²) in [5.41, 5.74) is 4.39. The average molecular weight is 401 g/mol. The molecule has 0 saturated carbocycles. The van der Waals surface area contributed by atoms with Gasteiger partial charge in [-0.25, -0.2) is 4.98 Å². The number of amides is 1. The maximum Gasteiger partial charge on any atom is 0.256 e. The van der Waals surface area contributed by atoms with Gasteiger partial charge in [-0.1, -0.05) is 44.2 Å². The first-order valence-electron chi connectivity index (χ1n) is 9.93. The molecule has 0 saturated heterocycles. The molecule has 0 aliphatic carbocycles. The van der Waals surface area contributed by atoms with Crippen molar-refractivity contribution in [2.45, 2.75) is 33.1 Å². The predicted octanol–water partition coefficient (Wildman–Crippen LogP) is 7.04. The molecule has 0 unspecified atom stereocenters. The normalized spacial score (nSPS) is 12.1. The lowest BCUT2D eigenvalue weighted by Gasteiger charge is -2.12. The second-order valence-electron chi connectivity index (χ2n) is 7.37. The summed E-state index contributed by atoms with van der Waals surface area (Å²) in [5.74, 6) is 0.398. The summed E-state index contributed by atoms with van der Waals surface area (Å²) >= 11 is 1.69. The van der Waals surface area contributed by atoms with Crippen LogP contribution >= 0.6 is 11.3 Å². The molecule has 2 heterocycles. The van der Waals surface area contributed by atoms with Crippen molar-refractivity contribution in [1.82, 2.24) is 4.98 Å². The van der Waals surface area contributed by atoms with Gasteiger partial charge in [0.05, 0.1) is 21.7 Å². The lowest BCUT2D eigenvalue weighted by molar-refractivity contribution is 0.102. The third-order valence-electron chi connectivity index (χ3n) is 5.30. The Balaban J connectivity index is 1.69. The molecular formula is C25H24N2OS. The number of hydrogen-bond donors (Lipinski definition) is 1. The number of para-hydroxylation sites is 1. The van der Waals surface area contributed by atoms with Crippen molar-refractivity contribution in [2.75, 3.05) is 5.32 Å². The number of carbonyl (C=O) groups excluding carboxylic acids is 1. The zero-order valence-electron chi connectivity index (χ0n) is 16.9. The number of aryl methyl sites for hydroxylation is 1. The molecule has 2 aromatic heterocycles. The quantitative estimate of drug-likeness (QED) is 0.390. The number of hydrogen-bond acceptors (Lipinski definition) is 3. The van der Waals surface area contributed by atoms with Gasteiger partial charge in [-0.05, 0) is 61.2 Å². The zero-order valence-corrected chi connectivity index (χ0v) is 17.7. The van der Waals surface area contributed by atoms with Gasteiger partial charge in [0.2, 0.25) is 0 Å². The standard InChI is InChI=1S/C25H24N2OS/c1-4-16(2)18-10-12-19(13-11-18)26-25(28)21-15-23(24-14-9-17(3)29-24)27-22-8-6-5-7-20(21)22/h5-16H,4H2,1-3H3,(H,26,28)/t16-/m1/s1. The highest BCUT2D eigenvalue weighted by Gasteiger charge is 2.15. The molecule has 2 aromatic carbocycles. The van der Waals surface area contributed by atoms with Crippen molar-refractivity contribution >= 4 is 33.8 Å².